The van der Waals surface area contributed by atoms with Crippen LogP contribution in [-0.4, -0.2) is 26.0 Å². The number of ether oxygens (including phenoxy) is 1. The molecule has 128 valence electrons. The molecular weight excluding hydrogens is 419 g/mol. The van der Waals surface area contributed by atoms with Crippen molar-refractivity contribution in [3.05, 3.63) is 59.7 Å². The van der Waals surface area contributed by atoms with Gasteiger partial charge in [-0.3, -0.25) is 4.79 Å². The lowest BCUT2D eigenvalue weighted by Crippen LogP contribution is -2.22. The van der Waals surface area contributed by atoms with Gasteiger partial charge in [0.15, 0.2) is 5.96 Å². The van der Waals surface area contributed by atoms with Gasteiger partial charge in [0.1, 0.15) is 5.75 Å². The summed E-state index contributed by atoms with van der Waals surface area (Å²) in [6, 6.07) is 14.6. The van der Waals surface area contributed by atoms with Gasteiger partial charge in [-0.15, -0.1) is 24.0 Å². The summed E-state index contributed by atoms with van der Waals surface area (Å²) < 4.78 is 5.10. The van der Waals surface area contributed by atoms with Crippen LogP contribution in [0.1, 0.15) is 15.9 Å². The van der Waals surface area contributed by atoms with Crippen LogP contribution in [0.2, 0.25) is 0 Å². The number of benzene rings is 2. The molecule has 2 rings (SSSR count). The number of rotatable bonds is 5. The fourth-order valence-electron chi connectivity index (χ4n) is 1.94. The van der Waals surface area contributed by atoms with Gasteiger partial charge < -0.3 is 21.1 Å². The van der Waals surface area contributed by atoms with Crippen LogP contribution in [0.5, 0.6) is 5.75 Å². The second-order valence-electron chi connectivity index (χ2n) is 4.83. The number of hydrogen-bond donors (Lipinski definition) is 3. The number of methoxy groups -OCH3 is 1. The Labute approximate surface area is 158 Å². The lowest BCUT2D eigenvalue weighted by Gasteiger charge is -2.07. The number of hydrogen-bond acceptors (Lipinski definition) is 3. The van der Waals surface area contributed by atoms with E-state index in [1.165, 1.54) is 0 Å². The van der Waals surface area contributed by atoms with Crippen molar-refractivity contribution >= 4 is 41.5 Å². The van der Waals surface area contributed by atoms with E-state index in [4.69, 9.17) is 10.5 Å². The SMILES string of the molecule is CNC(=O)c1ccc(CN=C(N)Nc2ccc(OC)cc2)cc1.I. The monoisotopic (exact) mass is 440 g/mol. The molecule has 0 atom stereocenters. The number of anilines is 1. The average Bonchev–Trinajstić information content (AvgIpc) is 2.60. The van der Waals surface area contributed by atoms with E-state index >= 15 is 0 Å². The Bertz CT molecular complexity index is 685. The quantitative estimate of drug-likeness (QED) is 0.379. The molecular formula is C17H21IN4O2. The standard InChI is InChI=1S/C17H20N4O2.HI/c1-19-16(22)13-5-3-12(4-6-13)11-20-17(18)21-14-7-9-15(23-2)10-8-14;/h3-10H,11H2,1-2H3,(H,19,22)(H3,18,20,21);1H. The van der Waals surface area contributed by atoms with Gasteiger partial charge in [0.2, 0.25) is 0 Å². The van der Waals surface area contributed by atoms with E-state index in [1.54, 1.807) is 26.3 Å². The number of nitrogens with one attached hydrogen (secondary N) is 2. The smallest absolute Gasteiger partial charge is 0.251 e. The first kappa shape index (κ1) is 19.8. The third-order valence-electron chi connectivity index (χ3n) is 3.24. The van der Waals surface area contributed by atoms with Gasteiger partial charge in [0.05, 0.1) is 13.7 Å². The van der Waals surface area contributed by atoms with Gasteiger partial charge in [-0.2, -0.15) is 0 Å². The molecule has 24 heavy (non-hydrogen) atoms. The zero-order valence-corrected chi connectivity index (χ0v) is 15.9. The highest BCUT2D eigenvalue weighted by Gasteiger charge is 2.02. The fourth-order valence-corrected chi connectivity index (χ4v) is 1.94. The van der Waals surface area contributed by atoms with Crippen LogP contribution in [0.15, 0.2) is 53.5 Å². The number of carbonyl (C=O) groups excluding carboxylic acids is 1. The summed E-state index contributed by atoms with van der Waals surface area (Å²) >= 11 is 0. The van der Waals surface area contributed by atoms with Gasteiger partial charge in [0.25, 0.3) is 5.91 Å². The minimum absolute atomic E-state index is 0. The Balaban J connectivity index is 0.00000288. The Kier molecular flexibility index (Phi) is 8.03. The number of amides is 1. The molecule has 0 radical (unpaired) electrons. The molecule has 0 bridgehead atoms. The molecule has 2 aromatic rings. The topological polar surface area (TPSA) is 88.7 Å². The van der Waals surface area contributed by atoms with Crippen LogP contribution in [0.4, 0.5) is 5.69 Å². The maximum Gasteiger partial charge on any atom is 0.251 e. The first-order valence-electron chi connectivity index (χ1n) is 7.14. The molecule has 1 amide bonds. The number of halogens is 1. The average molecular weight is 440 g/mol. The van der Waals surface area contributed by atoms with Crippen molar-refractivity contribution in [3.8, 4) is 5.75 Å². The molecule has 4 N–H and O–H groups in total. The third kappa shape index (κ3) is 5.73. The lowest BCUT2D eigenvalue weighted by molar-refractivity contribution is 0.0963. The summed E-state index contributed by atoms with van der Waals surface area (Å²) in [6.45, 7) is 0.434. The molecule has 0 saturated heterocycles. The van der Waals surface area contributed by atoms with E-state index in [0.717, 1.165) is 17.0 Å². The minimum atomic E-state index is -0.110. The summed E-state index contributed by atoms with van der Waals surface area (Å²) in [5.74, 6) is 0.994. The first-order chi connectivity index (χ1) is 11.1. The Hall–Kier alpha value is -2.29. The van der Waals surface area contributed by atoms with Crippen molar-refractivity contribution in [1.29, 1.82) is 0 Å². The van der Waals surface area contributed by atoms with Crippen LogP contribution in [0, 0.1) is 0 Å². The van der Waals surface area contributed by atoms with E-state index in [0.29, 0.717) is 18.1 Å². The zero-order chi connectivity index (χ0) is 16.7. The van der Waals surface area contributed by atoms with Crippen molar-refractivity contribution in [2.45, 2.75) is 6.54 Å². The lowest BCUT2D eigenvalue weighted by atomic mass is 10.1. The third-order valence-corrected chi connectivity index (χ3v) is 3.24. The predicted octanol–water partition coefficient (Wildman–Crippen LogP) is 2.60. The molecule has 0 aliphatic rings. The van der Waals surface area contributed by atoms with Gasteiger partial charge in [-0.25, -0.2) is 4.99 Å². The van der Waals surface area contributed by atoms with Gasteiger partial charge in [-0.05, 0) is 42.0 Å². The van der Waals surface area contributed by atoms with Gasteiger partial charge in [-0.1, -0.05) is 12.1 Å². The molecule has 6 nitrogen and oxygen atoms in total. The van der Waals surface area contributed by atoms with Crippen molar-refractivity contribution < 1.29 is 9.53 Å². The Morgan fingerprint density at radius 1 is 1.12 bits per heavy atom. The molecule has 7 heteroatoms. The molecule has 0 unspecified atom stereocenters. The van der Waals surface area contributed by atoms with Crippen LogP contribution in [0.3, 0.4) is 0 Å². The zero-order valence-electron chi connectivity index (χ0n) is 13.6. The molecule has 0 aliphatic heterocycles. The predicted molar refractivity (Wildman–Crippen MR) is 107 cm³/mol. The van der Waals surface area contributed by atoms with Crippen LogP contribution < -0.4 is 21.1 Å². The molecule has 2 aromatic carbocycles. The fraction of sp³-hybridized carbons (Fsp3) is 0.176. The number of nitrogens with two attached hydrogens (primary N) is 1. The summed E-state index contributed by atoms with van der Waals surface area (Å²) in [6.07, 6.45) is 0. The van der Waals surface area contributed by atoms with E-state index in [1.807, 2.05) is 36.4 Å². The van der Waals surface area contributed by atoms with Crippen molar-refractivity contribution in [2.75, 3.05) is 19.5 Å². The van der Waals surface area contributed by atoms with Crippen molar-refractivity contribution in [2.24, 2.45) is 10.7 Å². The van der Waals surface area contributed by atoms with E-state index < -0.39 is 0 Å². The van der Waals surface area contributed by atoms with Crippen LogP contribution in [0.25, 0.3) is 0 Å². The van der Waals surface area contributed by atoms with E-state index in [2.05, 4.69) is 15.6 Å². The maximum atomic E-state index is 11.5. The molecule has 0 heterocycles. The van der Waals surface area contributed by atoms with E-state index in [-0.39, 0.29) is 29.9 Å². The summed E-state index contributed by atoms with van der Waals surface area (Å²) in [4.78, 5) is 15.7. The highest BCUT2D eigenvalue weighted by Crippen LogP contribution is 2.14. The number of carbonyl (C=O) groups is 1. The largest absolute Gasteiger partial charge is 0.497 e. The molecule has 0 saturated carbocycles. The van der Waals surface area contributed by atoms with Crippen molar-refractivity contribution in [3.63, 3.8) is 0 Å². The van der Waals surface area contributed by atoms with Gasteiger partial charge >= 0.3 is 0 Å². The number of guanidine groups is 1. The molecule has 0 aliphatic carbocycles. The molecule has 0 fully saturated rings. The normalized spacial score (nSPS) is 10.5. The second kappa shape index (κ2) is 9.76. The van der Waals surface area contributed by atoms with Crippen molar-refractivity contribution in [1.82, 2.24) is 5.32 Å². The Morgan fingerprint density at radius 3 is 2.29 bits per heavy atom. The summed E-state index contributed by atoms with van der Waals surface area (Å²) in [7, 11) is 3.22. The summed E-state index contributed by atoms with van der Waals surface area (Å²) in [5.41, 5.74) is 8.29. The highest BCUT2D eigenvalue weighted by molar-refractivity contribution is 14.0. The minimum Gasteiger partial charge on any atom is -0.497 e. The second-order valence-corrected chi connectivity index (χ2v) is 4.83. The molecule has 0 spiro atoms. The Morgan fingerprint density at radius 2 is 1.75 bits per heavy atom. The van der Waals surface area contributed by atoms with Crippen LogP contribution in [-0.2, 0) is 6.54 Å². The first-order valence-corrected chi connectivity index (χ1v) is 7.14. The number of nitrogens with zero attached hydrogens (tertiary/aromatic N) is 1. The van der Waals surface area contributed by atoms with Gasteiger partial charge in [0, 0.05) is 18.3 Å². The van der Waals surface area contributed by atoms with E-state index in [9.17, 15) is 4.79 Å². The molecule has 0 aromatic heterocycles. The van der Waals surface area contributed by atoms with Crippen LogP contribution >= 0.6 is 24.0 Å². The number of aliphatic imine (C=N–C) groups is 1. The maximum absolute atomic E-state index is 11.5. The summed E-state index contributed by atoms with van der Waals surface area (Å²) in [5, 5.41) is 5.59. The highest BCUT2D eigenvalue weighted by atomic mass is 127.